The fourth-order valence-electron chi connectivity index (χ4n) is 3.69. The van der Waals surface area contributed by atoms with Crippen LogP contribution in [0.1, 0.15) is 40.5 Å². The molecule has 2 aliphatic heterocycles. The molecule has 0 spiro atoms. The van der Waals surface area contributed by atoms with Gasteiger partial charge in [0, 0.05) is 36.8 Å². The zero-order chi connectivity index (χ0) is 15.4. The maximum absolute atomic E-state index is 13.4. The zero-order valence-electron chi connectivity index (χ0n) is 12.1. The smallest absolute Gasteiger partial charge is 0.254 e. The van der Waals surface area contributed by atoms with Crippen molar-refractivity contribution in [3.05, 3.63) is 52.9 Å². The summed E-state index contributed by atoms with van der Waals surface area (Å²) in [5, 5.41) is 4.45. The van der Waals surface area contributed by atoms with E-state index in [1.807, 2.05) is 18.1 Å². The quantitative estimate of drug-likeness (QED) is 0.812. The molecule has 1 fully saturated rings. The number of aryl methyl sites for hydroxylation is 1. The van der Waals surface area contributed by atoms with Gasteiger partial charge in [-0.15, -0.1) is 0 Å². The first-order valence-corrected chi connectivity index (χ1v) is 7.34. The average molecular weight is 303 g/mol. The van der Waals surface area contributed by atoms with Crippen LogP contribution in [0.25, 0.3) is 0 Å². The highest BCUT2D eigenvalue weighted by Crippen LogP contribution is 2.43. The van der Waals surface area contributed by atoms with Gasteiger partial charge in [-0.25, -0.2) is 8.78 Å². The van der Waals surface area contributed by atoms with Crippen molar-refractivity contribution < 1.29 is 13.6 Å². The predicted octanol–water partition coefficient (Wildman–Crippen LogP) is 2.60. The average Bonchev–Trinajstić information content (AvgIpc) is 3.02. The molecule has 1 amide bonds. The van der Waals surface area contributed by atoms with Crippen LogP contribution in [0.5, 0.6) is 0 Å². The monoisotopic (exact) mass is 303 g/mol. The van der Waals surface area contributed by atoms with Crippen LogP contribution in [0.15, 0.2) is 24.4 Å². The van der Waals surface area contributed by atoms with Crippen LogP contribution in [-0.4, -0.2) is 26.6 Å². The lowest BCUT2D eigenvalue weighted by atomic mass is 9.99. The molecule has 0 N–H and O–H groups in total. The zero-order valence-corrected chi connectivity index (χ0v) is 12.1. The molecule has 3 heterocycles. The van der Waals surface area contributed by atoms with Crippen molar-refractivity contribution in [1.29, 1.82) is 0 Å². The standard InChI is InChI=1S/C16H15F2N3O/c1-20-8-11-14(19-20)7-10-3-5-15(11)21(10)16(22)9-2-4-12(17)13(18)6-9/h2,4,6,8,10,15H,3,5,7H2,1H3. The van der Waals surface area contributed by atoms with Gasteiger partial charge >= 0.3 is 0 Å². The summed E-state index contributed by atoms with van der Waals surface area (Å²) in [7, 11) is 1.87. The van der Waals surface area contributed by atoms with Gasteiger partial charge in [-0.1, -0.05) is 0 Å². The lowest BCUT2D eigenvalue weighted by Crippen LogP contribution is -2.41. The molecule has 6 heteroatoms. The number of amides is 1. The van der Waals surface area contributed by atoms with Gasteiger partial charge in [0.05, 0.1) is 11.7 Å². The molecule has 2 bridgehead atoms. The highest BCUT2D eigenvalue weighted by Gasteiger charge is 2.44. The minimum Gasteiger partial charge on any atom is -0.328 e. The number of carbonyl (C=O) groups excluding carboxylic acids is 1. The van der Waals surface area contributed by atoms with Gasteiger partial charge in [-0.3, -0.25) is 9.48 Å². The van der Waals surface area contributed by atoms with E-state index < -0.39 is 11.6 Å². The molecule has 22 heavy (non-hydrogen) atoms. The topological polar surface area (TPSA) is 38.1 Å². The van der Waals surface area contributed by atoms with E-state index in [1.165, 1.54) is 6.07 Å². The Morgan fingerprint density at radius 3 is 2.86 bits per heavy atom. The largest absolute Gasteiger partial charge is 0.328 e. The first-order chi connectivity index (χ1) is 10.5. The van der Waals surface area contributed by atoms with Crippen molar-refractivity contribution >= 4 is 5.91 Å². The maximum atomic E-state index is 13.4. The van der Waals surface area contributed by atoms with Crippen LogP contribution < -0.4 is 0 Å². The summed E-state index contributed by atoms with van der Waals surface area (Å²) >= 11 is 0. The van der Waals surface area contributed by atoms with Gasteiger partial charge in [0.25, 0.3) is 5.91 Å². The Bertz CT molecular complexity index is 771. The summed E-state index contributed by atoms with van der Waals surface area (Å²) in [5.41, 5.74) is 2.32. The highest BCUT2D eigenvalue weighted by atomic mass is 19.2. The van der Waals surface area contributed by atoms with E-state index in [2.05, 4.69) is 5.10 Å². The Balaban J connectivity index is 1.71. The number of halogens is 2. The summed E-state index contributed by atoms with van der Waals surface area (Å²) in [6, 6.07) is 3.41. The number of aromatic nitrogens is 2. The molecule has 4 nitrogen and oxygen atoms in total. The van der Waals surface area contributed by atoms with Crippen molar-refractivity contribution in [3.63, 3.8) is 0 Å². The van der Waals surface area contributed by atoms with E-state index in [0.717, 1.165) is 42.7 Å². The number of hydrogen-bond donors (Lipinski definition) is 0. The molecule has 1 saturated heterocycles. The molecule has 0 radical (unpaired) electrons. The Labute approximate surface area is 126 Å². The van der Waals surface area contributed by atoms with Gasteiger partial charge in [-0.2, -0.15) is 5.10 Å². The summed E-state index contributed by atoms with van der Waals surface area (Å²) in [5.74, 6) is -2.16. The van der Waals surface area contributed by atoms with Gasteiger partial charge in [0.2, 0.25) is 0 Å². The van der Waals surface area contributed by atoms with Crippen molar-refractivity contribution in [2.75, 3.05) is 0 Å². The number of carbonyl (C=O) groups is 1. The third-order valence-electron chi connectivity index (χ3n) is 4.63. The third kappa shape index (κ3) is 1.86. The SMILES string of the molecule is Cn1cc2c(n1)CC1CCC2N1C(=O)c1ccc(F)c(F)c1. The second-order valence-corrected chi connectivity index (χ2v) is 6.00. The second kappa shape index (κ2) is 4.63. The van der Waals surface area contributed by atoms with Gasteiger partial charge in [-0.05, 0) is 31.0 Å². The molecule has 4 rings (SSSR count). The van der Waals surface area contributed by atoms with Crippen LogP contribution in [-0.2, 0) is 13.5 Å². The van der Waals surface area contributed by atoms with Crippen LogP contribution in [0, 0.1) is 11.6 Å². The summed E-state index contributed by atoms with van der Waals surface area (Å²) in [4.78, 5) is 14.6. The van der Waals surface area contributed by atoms with Gasteiger partial charge in [0.15, 0.2) is 11.6 Å². The molecule has 0 aliphatic carbocycles. The summed E-state index contributed by atoms with van der Waals surface area (Å²) in [6.45, 7) is 0. The predicted molar refractivity (Wildman–Crippen MR) is 75.2 cm³/mol. The lowest BCUT2D eigenvalue weighted by Gasteiger charge is -2.34. The molecular weight excluding hydrogens is 288 g/mol. The van der Waals surface area contributed by atoms with E-state index in [0.29, 0.717) is 0 Å². The number of hydrogen-bond acceptors (Lipinski definition) is 2. The minimum atomic E-state index is -0.989. The molecular formula is C16H15F2N3O. The Morgan fingerprint density at radius 1 is 1.27 bits per heavy atom. The van der Waals surface area contributed by atoms with E-state index in [1.54, 1.807) is 4.68 Å². The lowest BCUT2D eigenvalue weighted by molar-refractivity contribution is 0.0645. The third-order valence-corrected chi connectivity index (χ3v) is 4.63. The first-order valence-electron chi connectivity index (χ1n) is 7.34. The first kappa shape index (κ1) is 13.4. The fraction of sp³-hybridized carbons (Fsp3) is 0.375. The summed E-state index contributed by atoms with van der Waals surface area (Å²) < 4.78 is 28.2. The number of nitrogens with zero attached hydrogens (tertiary/aromatic N) is 3. The van der Waals surface area contributed by atoms with E-state index in [4.69, 9.17) is 0 Å². The molecule has 1 aromatic carbocycles. The summed E-state index contributed by atoms with van der Waals surface area (Å²) in [6.07, 6.45) is 4.48. The van der Waals surface area contributed by atoms with Crippen LogP contribution in [0.4, 0.5) is 8.78 Å². The van der Waals surface area contributed by atoms with Crippen LogP contribution >= 0.6 is 0 Å². The van der Waals surface area contributed by atoms with Crippen molar-refractivity contribution in [2.45, 2.75) is 31.3 Å². The van der Waals surface area contributed by atoms with Gasteiger partial charge < -0.3 is 4.90 Å². The minimum absolute atomic E-state index is 0.0111. The number of benzene rings is 1. The molecule has 2 unspecified atom stereocenters. The maximum Gasteiger partial charge on any atom is 0.254 e. The van der Waals surface area contributed by atoms with Crippen molar-refractivity contribution in [1.82, 2.24) is 14.7 Å². The second-order valence-electron chi connectivity index (χ2n) is 6.00. The van der Waals surface area contributed by atoms with Crippen LogP contribution in [0.3, 0.4) is 0 Å². The number of fused-ring (bicyclic) bond motifs is 4. The number of rotatable bonds is 1. The molecule has 1 aromatic heterocycles. The molecule has 0 saturated carbocycles. The van der Waals surface area contributed by atoms with Gasteiger partial charge in [0.1, 0.15) is 0 Å². The van der Waals surface area contributed by atoms with E-state index in [9.17, 15) is 13.6 Å². The van der Waals surface area contributed by atoms with E-state index >= 15 is 0 Å². The Kier molecular flexibility index (Phi) is 2.82. The molecule has 114 valence electrons. The Hall–Kier alpha value is -2.24. The normalized spacial score (nSPS) is 22.8. The molecule has 2 atom stereocenters. The van der Waals surface area contributed by atoms with Crippen molar-refractivity contribution in [2.24, 2.45) is 7.05 Å². The Morgan fingerprint density at radius 2 is 2.09 bits per heavy atom. The molecule has 2 aromatic rings. The fourth-order valence-corrected chi connectivity index (χ4v) is 3.69. The van der Waals surface area contributed by atoms with Crippen LogP contribution in [0.2, 0.25) is 0 Å². The van der Waals surface area contributed by atoms with E-state index in [-0.39, 0.29) is 23.6 Å². The molecule has 2 aliphatic rings. The van der Waals surface area contributed by atoms with Crippen molar-refractivity contribution in [3.8, 4) is 0 Å². The highest BCUT2D eigenvalue weighted by molar-refractivity contribution is 5.95.